The van der Waals surface area contributed by atoms with E-state index >= 15 is 0 Å². The van der Waals surface area contributed by atoms with Gasteiger partial charge in [-0.15, -0.1) is 5.10 Å². The molecule has 18 heteroatoms. The van der Waals surface area contributed by atoms with Crippen molar-refractivity contribution < 1.29 is 54.5 Å². The van der Waals surface area contributed by atoms with Gasteiger partial charge in [0.05, 0.1) is 25.0 Å². The second-order valence-corrected chi connectivity index (χ2v) is 11.2. The van der Waals surface area contributed by atoms with E-state index in [0.29, 0.717) is 26.6 Å². The summed E-state index contributed by atoms with van der Waals surface area (Å²) in [5, 5.41) is 17.8. The predicted molar refractivity (Wildman–Crippen MR) is 135 cm³/mol. The van der Waals surface area contributed by atoms with E-state index in [9.17, 15) is 35.2 Å². The molecule has 0 fully saturated rings. The molecule has 2 heterocycles. The number of amides is 1. The summed E-state index contributed by atoms with van der Waals surface area (Å²) in [4.78, 5) is 11.5. The van der Waals surface area contributed by atoms with Crippen molar-refractivity contribution in [3.05, 3.63) is 24.4 Å². The van der Waals surface area contributed by atoms with Crippen molar-refractivity contribution in [1.82, 2.24) is 15.1 Å². The number of likely N-dealkylation sites (N-methyl/N-ethyl adjacent to an activating group) is 1. The molecule has 0 bridgehead atoms. The fourth-order valence-electron chi connectivity index (χ4n) is 3.72. The van der Waals surface area contributed by atoms with Crippen molar-refractivity contribution in [2.75, 3.05) is 35.9 Å². The molecule has 1 aliphatic heterocycles. The zero-order valence-electron chi connectivity index (χ0n) is 22.4. The van der Waals surface area contributed by atoms with Crippen LogP contribution in [0.3, 0.4) is 0 Å². The predicted octanol–water partition coefficient (Wildman–Crippen LogP) is 3.49. The molecule has 2 aromatic rings. The average Bonchev–Trinajstić information content (AvgIpc) is 3.31. The smallest absolute Gasteiger partial charge is 0.427 e. The van der Waals surface area contributed by atoms with E-state index in [0.717, 1.165) is 10.4 Å². The molecule has 0 radical (unpaired) electrons. The highest BCUT2D eigenvalue weighted by molar-refractivity contribution is 7.93. The van der Waals surface area contributed by atoms with Crippen LogP contribution in [0.4, 0.5) is 38.1 Å². The lowest BCUT2D eigenvalue weighted by molar-refractivity contribution is -0.242. The number of carbonyl (C=O) groups is 1. The van der Waals surface area contributed by atoms with Gasteiger partial charge in [-0.25, -0.2) is 17.9 Å². The molecule has 230 valence electrons. The molecule has 0 aliphatic carbocycles. The Morgan fingerprint density at radius 1 is 1.29 bits per heavy atom. The number of carbonyl (C=O) groups excluding carboxylic acids is 1. The normalized spacial score (nSPS) is 16.7. The monoisotopic (exact) mass is 615 g/mol. The van der Waals surface area contributed by atoms with Crippen molar-refractivity contribution in [2.24, 2.45) is 0 Å². The zero-order valence-corrected chi connectivity index (χ0v) is 23.2. The Balaban J connectivity index is 2.05. The third-order valence-electron chi connectivity index (χ3n) is 5.98. The maximum absolute atomic E-state index is 13.9. The van der Waals surface area contributed by atoms with Gasteiger partial charge in [-0.2, -0.15) is 22.0 Å². The molecular weight excluding hydrogens is 585 g/mol. The minimum Gasteiger partial charge on any atom is -0.485 e. The Kier molecular flexibility index (Phi) is 9.59. The summed E-state index contributed by atoms with van der Waals surface area (Å²) >= 11 is 0. The first-order chi connectivity index (χ1) is 19.0. The molecular formula is C23H30F5N5O7S. The maximum Gasteiger partial charge on any atom is 0.427 e. The van der Waals surface area contributed by atoms with Crippen LogP contribution in [0.1, 0.15) is 34.2 Å². The zero-order chi connectivity index (χ0) is 30.8. The number of halogens is 5. The van der Waals surface area contributed by atoms with E-state index < -0.39 is 70.6 Å². The molecule has 1 aromatic carbocycles. The number of benzene rings is 1. The highest BCUT2D eigenvalue weighted by Gasteiger charge is 2.51. The molecule has 0 spiro atoms. The summed E-state index contributed by atoms with van der Waals surface area (Å²) in [7, 11) is -4.71. The third-order valence-corrected chi connectivity index (χ3v) is 7.74. The second kappa shape index (κ2) is 12.2. The highest BCUT2D eigenvalue weighted by Crippen LogP contribution is 2.41. The lowest BCUT2D eigenvalue weighted by Crippen LogP contribution is -2.52. The Bertz CT molecular complexity index is 1340. The van der Waals surface area contributed by atoms with Gasteiger partial charge >= 0.3 is 18.8 Å². The molecule has 12 nitrogen and oxygen atoms in total. The van der Waals surface area contributed by atoms with Gasteiger partial charge in [0, 0.05) is 11.7 Å². The number of anilines is 2. The van der Waals surface area contributed by atoms with Crippen LogP contribution < -0.4 is 24.4 Å². The minimum atomic E-state index is -4.87. The van der Waals surface area contributed by atoms with Gasteiger partial charge in [0.2, 0.25) is 5.60 Å². The van der Waals surface area contributed by atoms with Crippen LogP contribution in [0.15, 0.2) is 29.3 Å². The molecule has 2 unspecified atom stereocenters. The van der Waals surface area contributed by atoms with Gasteiger partial charge in [-0.05, 0) is 45.5 Å². The number of aliphatic hydroxyl groups is 1. The fourth-order valence-corrected chi connectivity index (χ4v) is 5.27. The summed E-state index contributed by atoms with van der Waals surface area (Å²) in [5.74, 6) is -0.667. The molecule has 0 saturated heterocycles. The van der Waals surface area contributed by atoms with Gasteiger partial charge < -0.3 is 24.6 Å². The largest absolute Gasteiger partial charge is 0.485 e. The lowest BCUT2D eigenvalue weighted by Gasteiger charge is -2.38. The molecule has 3 rings (SSSR count). The number of sulfonamides is 1. The van der Waals surface area contributed by atoms with Crippen molar-refractivity contribution in [3.8, 4) is 11.6 Å². The van der Waals surface area contributed by atoms with Gasteiger partial charge in [-0.3, -0.25) is 9.62 Å². The summed E-state index contributed by atoms with van der Waals surface area (Å²) in [6.07, 6.45) is -6.53. The Labute approximate surface area is 232 Å². The van der Waals surface area contributed by atoms with Crippen LogP contribution in [0.25, 0.3) is 0 Å². The van der Waals surface area contributed by atoms with E-state index in [1.807, 2.05) is 6.92 Å². The Morgan fingerprint density at radius 3 is 2.56 bits per heavy atom. The highest BCUT2D eigenvalue weighted by atomic mass is 32.2. The number of nitrogens with zero attached hydrogens (tertiary/aromatic N) is 3. The first kappa shape index (κ1) is 32.1. The topological polar surface area (TPSA) is 144 Å². The molecule has 41 heavy (non-hydrogen) atoms. The van der Waals surface area contributed by atoms with Crippen LogP contribution in [0.2, 0.25) is 0 Å². The minimum absolute atomic E-state index is 0.0168. The van der Waals surface area contributed by atoms with Crippen LogP contribution in [-0.4, -0.2) is 79.6 Å². The second-order valence-electron chi connectivity index (χ2n) is 9.37. The summed E-state index contributed by atoms with van der Waals surface area (Å²) in [6.45, 7) is 0.847. The van der Waals surface area contributed by atoms with Crippen LogP contribution in [0.5, 0.6) is 11.6 Å². The number of alkyl halides is 5. The number of hydrogen-bond donors (Lipinski definition) is 3. The van der Waals surface area contributed by atoms with Crippen molar-refractivity contribution >= 4 is 27.5 Å². The van der Waals surface area contributed by atoms with Crippen molar-refractivity contribution in [2.45, 2.75) is 63.1 Å². The van der Waals surface area contributed by atoms with E-state index in [2.05, 4.69) is 20.5 Å². The third kappa shape index (κ3) is 7.10. The van der Waals surface area contributed by atoms with Gasteiger partial charge in [0.25, 0.3) is 15.9 Å². The number of aliphatic hydroxyl groups excluding tert-OH is 1. The average molecular weight is 616 g/mol. The van der Waals surface area contributed by atoms with E-state index in [4.69, 9.17) is 14.6 Å². The Hall–Kier alpha value is -3.38. The quantitative estimate of drug-likeness (QED) is 0.324. The molecule has 3 N–H and O–H groups in total. The van der Waals surface area contributed by atoms with Crippen LogP contribution in [0, 0.1) is 0 Å². The summed E-state index contributed by atoms with van der Waals surface area (Å²) < 4.78 is 111. The molecule has 1 aromatic heterocycles. The van der Waals surface area contributed by atoms with E-state index in [1.54, 1.807) is 6.92 Å². The van der Waals surface area contributed by atoms with Crippen molar-refractivity contribution in [1.29, 1.82) is 0 Å². The number of rotatable bonds is 11. The van der Waals surface area contributed by atoms with E-state index in [-0.39, 0.29) is 28.4 Å². The number of ether oxygens (including phenoxy) is 3. The fraction of sp³-hybridized carbons (Fsp3) is 0.565. The van der Waals surface area contributed by atoms with Crippen LogP contribution >= 0.6 is 0 Å². The van der Waals surface area contributed by atoms with E-state index in [1.165, 1.54) is 12.1 Å². The van der Waals surface area contributed by atoms with Crippen LogP contribution in [-0.2, 0) is 14.8 Å². The van der Waals surface area contributed by atoms with Crippen molar-refractivity contribution in [3.63, 3.8) is 0 Å². The maximum atomic E-state index is 13.9. The van der Waals surface area contributed by atoms with Gasteiger partial charge in [0.1, 0.15) is 18.5 Å². The first-order valence-corrected chi connectivity index (χ1v) is 13.7. The molecule has 1 amide bonds. The standard InChI is InChI=1S/C23H30F5N5O7S/c1-5-29-13(2)17-11-33(41(36,37)18-12-32(20(24)25)31-19(18)38-9-8-34)15-10-14(6-7-16(15)39-17)30-21(35)40-22(3,4)23(26,27)28/h6-7,10,12-13,17,20,29,34H,5,8-9,11H2,1-4H3,(H,30,35). The number of aromatic nitrogens is 2. The molecule has 0 saturated carbocycles. The summed E-state index contributed by atoms with van der Waals surface area (Å²) in [5.41, 5.74) is -3.13. The number of nitrogens with one attached hydrogen (secondary N) is 2. The summed E-state index contributed by atoms with van der Waals surface area (Å²) in [6, 6.07) is 3.28. The molecule has 1 aliphatic rings. The van der Waals surface area contributed by atoms with Gasteiger partial charge in [-0.1, -0.05) is 6.92 Å². The lowest BCUT2D eigenvalue weighted by atomic mass is 10.1. The first-order valence-electron chi connectivity index (χ1n) is 12.3. The SMILES string of the molecule is CCNC(C)C1CN(S(=O)(=O)c2cn(C(F)F)nc2OCCO)c2cc(NC(=O)OC(C)(C)C(F)(F)F)ccc2O1. The Morgan fingerprint density at radius 2 is 1.98 bits per heavy atom. The number of hydrogen-bond acceptors (Lipinski definition) is 9. The molecule has 2 atom stereocenters. The number of fused-ring (bicyclic) bond motifs is 1. The van der Waals surface area contributed by atoms with Gasteiger partial charge in [0.15, 0.2) is 4.90 Å².